The average Bonchev–Trinajstić information content (AvgIpc) is 2.81. The second kappa shape index (κ2) is 8.76. The number of thioether (sulfide) groups is 1. The van der Waals surface area contributed by atoms with Crippen LogP contribution in [-0.4, -0.2) is 51.3 Å². The summed E-state index contributed by atoms with van der Waals surface area (Å²) in [4.78, 5) is 33.2. The maximum absolute atomic E-state index is 11.8. The summed E-state index contributed by atoms with van der Waals surface area (Å²) in [6.07, 6.45) is 2.40. The van der Waals surface area contributed by atoms with Crippen molar-refractivity contribution in [3.63, 3.8) is 0 Å². The van der Waals surface area contributed by atoms with Gasteiger partial charge in [-0.25, -0.2) is 9.59 Å². The molecule has 0 aliphatic heterocycles. The molecule has 1 aliphatic carbocycles. The van der Waals surface area contributed by atoms with E-state index in [9.17, 15) is 14.4 Å². The Morgan fingerprint density at radius 3 is 2.57 bits per heavy atom. The SMILES string of the molecule is CCSC1CCC(NC(=O)N[C@@H](CCC(=O)O)C(=O)O)C1. The zero-order chi connectivity index (χ0) is 15.8. The lowest BCUT2D eigenvalue weighted by molar-refractivity contribution is -0.140. The first-order valence-corrected chi connectivity index (χ1v) is 8.10. The molecule has 21 heavy (non-hydrogen) atoms. The Bertz CT molecular complexity index is 391. The van der Waals surface area contributed by atoms with E-state index >= 15 is 0 Å². The summed E-state index contributed by atoms with van der Waals surface area (Å²) >= 11 is 1.87. The minimum Gasteiger partial charge on any atom is -0.481 e. The minimum absolute atomic E-state index is 0.0583. The number of hydrogen-bond acceptors (Lipinski definition) is 4. The fourth-order valence-electron chi connectivity index (χ4n) is 2.37. The first kappa shape index (κ1) is 17.6. The molecule has 4 N–H and O–H groups in total. The third-order valence-electron chi connectivity index (χ3n) is 3.37. The van der Waals surface area contributed by atoms with E-state index in [1.807, 2.05) is 11.8 Å². The Kier molecular flexibility index (Phi) is 7.35. The van der Waals surface area contributed by atoms with Crippen LogP contribution in [0, 0.1) is 0 Å². The molecule has 3 atom stereocenters. The van der Waals surface area contributed by atoms with Crippen LogP contribution in [0.4, 0.5) is 4.79 Å². The van der Waals surface area contributed by atoms with Gasteiger partial charge in [-0.2, -0.15) is 11.8 Å². The first-order valence-electron chi connectivity index (χ1n) is 7.05. The van der Waals surface area contributed by atoms with Crippen LogP contribution in [0.3, 0.4) is 0 Å². The summed E-state index contributed by atoms with van der Waals surface area (Å²) < 4.78 is 0. The number of carbonyl (C=O) groups excluding carboxylic acids is 1. The van der Waals surface area contributed by atoms with E-state index in [0.717, 1.165) is 25.0 Å². The number of amides is 2. The van der Waals surface area contributed by atoms with Crippen LogP contribution in [0.25, 0.3) is 0 Å². The van der Waals surface area contributed by atoms with Gasteiger partial charge in [0.15, 0.2) is 0 Å². The molecule has 0 bridgehead atoms. The summed E-state index contributed by atoms with van der Waals surface area (Å²) in [5.41, 5.74) is 0. The minimum atomic E-state index is -1.22. The first-order chi connectivity index (χ1) is 9.92. The highest BCUT2D eigenvalue weighted by molar-refractivity contribution is 7.99. The Labute approximate surface area is 127 Å². The molecule has 7 nitrogen and oxygen atoms in total. The maximum Gasteiger partial charge on any atom is 0.326 e. The summed E-state index contributed by atoms with van der Waals surface area (Å²) in [5.74, 6) is -1.27. The average molecular weight is 318 g/mol. The second-order valence-corrected chi connectivity index (χ2v) is 6.61. The van der Waals surface area contributed by atoms with Crippen molar-refractivity contribution >= 4 is 29.7 Å². The molecule has 0 aromatic carbocycles. The largest absolute Gasteiger partial charge is 0.481 e. The number of rotatable bonds is 8. The molecule has 2 amide bonds. The van der Waals surface area contributed by atoms with Crippen molar-refractivity contribution in [2.24, 2.45) is 0 Å². The monoisotopic (exact) mass is 318 g/mol. The van der Waals surface area contributed by atoms with Crippen LogP contribution in [0.5, 0.6) is 0 Å². The van der Waals surface area contributed by atoms with E-state index in [-0.39, 0.29) is 18.9 Å². The van der Waals surface area contributed by atoms with Gasteiger partial charge in [0.1, 0.15) is 6.04 Å². The molecule has 0 saturated heterocycles. The number of nitrogens with one attached hydrogen (secondary N) is 2. The number of urea groups is 1. The smallest absolute Gasteiger partial charge is 0.326 e. The van der Waals surface area contributed by atoms with Crippen LogP contribution in [0.2, 0.25) is 0 Å². The quantitative estimate of drug-likeness (QED) is 0.536. The molecule has 0 aromatic heterocycles. The Hall–Kier alpha value is -1.44. The highest BCUT2D eigenvalue weighted by atomic mass is 32.2. The molecule has 120 valence electrons. The number of aliphatic carboxylic acids is 2. The van der Waals surface area contributed by atoms with Crippen molar-refractivity contribution in [1.82, 2.24) is 10.6 Å². The topological polar surface area (TPSA) is 116 Å². The van der Waals surface area contributed by atoms with Crippen LogP contribution in [-0.2, 0) is 9.59 Å². The second-order valence-electron chi connectivity index (χ2n) is 5.03. The number of carboxylic acids is 2. The van der Waals surface area contributed by atoms with E-state index in [1.165, 1.54) is 0 Å². The maximum atomic E-state index is 11.8. The zero-order valence-electron chi connectivity index (χ0n) is 12.0. The molecule has 1 saturated carbocycles. The van der Waals surface area contributed by atoms with Crippen molar-refractivity contribution in [1.29, 1.82) is 0 Å². The van der Waals surface area contributed by atoms with Crippen molar-refractivity contribution < 1.29 is 24.6 Å². The Balaban J connectivity index is 2.37. The van der Waals surface area contributed by atoms with Gasteiger partial charge in [-0.05, 0) is 31.4 Å². The third-order valence-corrected chi connectivity index (χ3v) is 4.61. The summed E-state index contributed by atoms with van der Waals surface area (Å²) in [7, 11) is 0. The zero-order valence-corrected chi connectivity index (χ0v) is 12.8. The van der Waals surface area contributed by atoms with Gasteiger partial charge in [0, 0.05) is 17.7 Å². The molecule has 0 radical (unpaired) electrons. The Morgan fingerprint density at radius 1 is 1.29 bits per heavy atom. The van der Waals surface area contributed by atoms with Crippen LogP contribution >= 0.6 is 11.8 Å². The van der Waals surface area contributed by atoms with Gasteiger partial charge in [0.2, 0.25) is 0 Å². The fraction of sp³-hybridized carbons (Fsp3) is 0.769. The van der Waals surface area contributed by atoms with E-state index in [4.69, 9.17) is 10.2 Å². The van der Waals surface area contributed by atoms with Gasteiger partial charge in [-0.3, -0.25) is 4.79 Å². The predicted molar refractivity (Wildman–Crippen MR) is 79.5 cm³/mol. The standard InChI is InChI=1S/C13H22N2O5S/c1-2-21-9-4-3-8(7-9)14-13(20)15-10(12(18)19)5-6-11(16)17/h8-10H,2-7H2,1H3,(H,16,17)(H,18,19)(H2,14,15,20)/t8?,9?,10-/m0/s1. The molecule has 8 heteroatoms. The molecule has 1 rings (SSSR count). The fourth-order valence-corrected chi connectivity index (χ4v) is 3.51. The lowest BCUT2D eigenvalue weighted by Crippen LogP contribution is -2.48. The number of hydrogen-bond donors (Lipinski definition) is 4. The number of carboxylic acid groups (broad SMARTS) is 2. The molecule has 0 spiro atoms. The Morgan fingerprint density at radius 2 is 2.00 bits per heavy atom. The molecule has 1 fully saturated rings. The molecule has 0 aromatic rings. The lowest BCUT2D eigenvalue weighted by atomic mass is 10.1. The highest BCUT2D eigenvalue weighted by Gasteiger charge is 2.27. The van der Waals surface area contributed by atoms with E-state index in [0.29, 0.717) is 5.25 Å². The lowest BCUT2D eigenvalue weighted by Gasteiger charge is -2.17. The van der Waals surface area contributed by atoms with Crippen molar-refractivity contribution in [2.75, 3.05) is 5.75 Å². The molecular formula is C13H22N2O5S. The molecule has 2 unspecified atom stereocenters. The van der Waals surface area contributed by atoms with Crippen molar-refractivity contribution in [3.8, 4) is 0 Å². The summed E-state index contributed by atoms with van der Waals surface area (Å²) in [5, 5.41) is 23.2. The van der Waals surface area contributed by atoms with E-state index in [1.54, 1.807) is 0 Å². The molecule has 0 heterocycles. The van der Waals surface area contributed by atoms with Gasteiger partial charge in [-0.1, -0.05) is 6.92 Å². The van der Waals surface area contributed by atoms with Crippen molar-refractivity contribution in [2.45, 2.75) is 56.4 Å². The summed E-state index contributed by atoms with van der Waals surface area (Å²) in [6.45, 7) is 2.10. The van der Waals surface area contributed by atoms with Crippen LogP contribution in [0.15, 0.2) is 0 Å². The molecule has 1 aliphatic rings. The van der Waals surface area contributed by atoms with E-state index < -0.39 is 24.0 Å². The van der Waals surface area contributed by atoms with Gasteiger partial charge in [-0.15, -0.1) is 0 Å². The normalized spacial score (nSPS) is 22.5. The molecular weight excluding hydrogens is 296 g/mol. The van der Waals surface area contributed by atoms with Gasteiger partial charge in [0.05, 0.1) is 0 Å². The highest BCUT2D eigenvalue weighted by Crippen LogP contribution is 2.29. The third kappa shape index (κ3) is 6.70. The number of carbonyl (C=O) groups is 3. The van der Waals surface area contributed by atoms with Gasteiger partial charge in [0.25, 0.3) is 0 Å². The van der Waals surface area contributed by atoms with Gasteiger partial charge >= 0.3 is 18.0 Å². The summed E-state index contributed by atoms with van der Waals surface area (Å²) in [6, 6.07) is -1.66. The van der Waals surface area contributed by atoms with Crippen molar-refractivity contribution in [3.05, 3.63) is 0 Å². The van der Waals surface area contributed by atoms with Crippen LogP contribution < -0.4 is 10.6 Å². The van der Waals surface area contributed by atoms with Crippen LogP contribution in [0.1, 0.15) is 39.0 Å². The van der Waals surface area contributed by atoms with E-state index in [2.05, 4.69) is 17.6 Å². The van der Waals surface area contributed by atoms with Gasteiger partial charge < -0.3 is 20.8 Å². The predicted octanol–water partition coefficient (Wildman–Crippen LogP) is 1.28.